The molecule has 15 heavy (non-hydrogen) atoms. The van der Waals surface area contributed by atoms with E-state index < -0.39 is 0 Å². The van der Waals surface area contributed by atoms with Gasteiger partial charge in [-0.15, -0.1) is 0 Å². The predicted octanol–water partition coefficient (Wildman–Crippen LogP) is 0.939. The van der Waals surface area contributed by atoms with Gasteiger partial charge in [-0.2, -0.15) is 5.26 Å². The highest BCUT2D eigenvalue weighted by atomic mass is 16.5. The molecule has 2 heterocycles. The fourth-order valence-electron chi connectivity index (χ4n) is 1.57. The van der Waals surface area contributed by atoms with E-state index >= 15 is 0 Å². The maximum atomic E-state index is 8.81. The van der Waals surface area contributed by atoms with Gasteiger partial charge in [0.05, 0.1) is 12.3 Å². The van der Waals surface area contributed by atoms with Gasteiger partial charge in [-0.3, -0.25) is 0 Å². The van der Waals surface area contributed by atoms with Crippen molar-refractivity contribution in [3.05, 3.63) is 18.1 Å². The number of aromatic nitrogens is 2. The van der Waals surface area contributed by atoms with Gasteiger partial charge in [0.2, 0.25) is 0 Å². The van der Waals surface area contributed by atoms with Gasteiger partial charge in [-0.1, -0.05) is 0 Å². The molecule has 0 radical (unpaired) electrons. The quantitative estimate of drug-likeness (QED) is 0.793. The molecule has 0 aromatic carbocycles. The first kappa shape index (κ1) is 9.87. The first-order valence-corrected chi connectivity index (χ1v) is 4.95. The maximum Gasteiger partial charge on any atom is 0.147 e. The highest BCUT2D eigenvalue weighted by Crippen LogP contribution is 2.14. The molecule has 1 aromatic rings. The molecule has 1 atom stereocenters. The van der Waals surface area contributed by atoms with E-state index in [0.717, 1.165) is 19.4 Å². The average molecular weight is 204 g/mol. The molecule has 5 heteroatoms. The lowest BCUT2D eigenvalue weighted by molar-refractivity contribution is 0.120. The van der Waals surface area contributed by atoms with Gasteiger partial charge < -0.3 is 10.1 Å². The number of nitrogens with one attached hydrogen (secondary N) is 1. The van der Waals surface area contributed by atoms with Gasteiger partial charge in [0.15, 0.2) is 0 Å². The molecule has 0 amide bonds. The summed E-state index contributed by atoms with van der Waals surface area (Å²) in [5.74, 6) is 0.586. The number of ether oxygens (including phenoxy) is 1. The zero-order valence-corrected chi connectivity index (χ0v) is 8.31. The molecule has 0 aliphatic carbocycles. The number of anilines is 1. The van der Waals surface area contributed by atoms with Crippen molar-refractivity contribution < 1.29 is 4.74 Å². The summed E-state index contributed by atoms with van der Waals surface area (Å²) in [6.07, 6.45) is 5.36. The summed E-state index contributed by atoms with van der Waals surface area (Å²) in [4.78, 5) is 7.80. The highest BCUT2D eigenvalue weighted by molar-refractivity contribution is 5.49. The Labute approximate surface area is 88.1 Å². The molecule has 1 saturated heterocycles. The van der Waals surface area contributed by atoms with Gasteiger partial charge in [-0.05, 0) is 12.8 Å². The van der Waals surface area contributed by atoms with Crippen molar-refractivity contribution in [1.29, 1.82) is 5.26 Å². The molecule has 0 saturated carbocycles. The summed E-state index contributed by atoms with van der Waals surface area (Å²) in [5, 5.41) is 11.9. The number of nitrogens with zero attached hydrogens (tertiary/aromatic N) is 3. The number of hydrogen-bond acceptors (Lipinski definition) is 5. The van der Waals surface area contributed by atoms with Gasteiger partial charge in [0, 0.05) is 13.2 Å². The third-order valence-electron chi connectivity index (χ3n) is 2.35. The van der Waals surface area contributed by atoms with Crippen LogP contribution in [0.5, 0.6) is 0 Å². The summed E-state index contributed by atoms with van der Waals surface area (Å²) in [6.45, 7) is 1.53. The van der Waals surface area contributed by atoms with Crippen LogP contribution in [0.1, 0.15) is 18.4 Å². The van der Waals surface area contributed by atoms with E-state index in [2.05, 4.69) is 15.3 Å². The Morgan fingerprint density at radius 2 is 2.60 bits per heavy atom. The summed E-state index contributed by atoms with van der Waals surface area (Å²) in [5.41, 5.74) is 0.468. The molecule has 0 spiro atoms. The van der Waals surface area contributed by atoms with Crippen LogP contribution in [0.4, 0.5) is 5.82 Å². The first-order valence-electron chi connectivity index (χ1n) is 4.95. The second kappa shape index (κ2) is 4.71. The molecule has 5 nitrogen and oxygen atoms in total. The van der Waals surface area contributed by atoms with Crippen molar-refractivity contribution in [2.75, 3.05) is 18.5 Å². The molecule has 1 aliphatic heterocycles. The van der Waals surface area contributed by atoms with Crippen LogP contribution in [0, 0.1) is 11.3 Å². The summed E-state index contributed by atoms with van der Waals surface area (Å²) < 4.78 is 5.46. The second-order valence-corrected chi connectivity index (χ2v) is 3.41. The summed E-state index contributed by atoms with van der Waals surface area (Å²) in [7, 11) is 0. The Bertz CT molecular complexity index is 368. The Hall–Kier alpha value is -1.67. The van der Waals surface area contributed by atoms with Crippen molar-refractivity contribution in [3.8, 4) is 6.07 Å². The molecular formula is C10H12N4O. The van der Waals surface area contributed by atoms with Crippen LogP contribution in [0.3, 0.4) is 0 Å². The topological polar surface area (TPSA) is 70.8 Å². The van der Waals surface area contributed by atoms with Crippen LogP contribution in [-0.2, 0) is 4.74 Å². The lowest BCUT2D eigenvalue weighted by Crippen LogP contribution is -2.19. The molecule has 78 valence electrons. The normalized spacial score (nSPS) is 19.8. The lowest BCUT2D eigenvalue weighted by Gasteiger charge is -2.11. The standard InChI is InChI=1S/C10H12N4O/c11-4-8-5-12-7-14-10(8)13-6-9-2-1-3-15-9/h5,7,9H,1-3,6H2,(H,12,13,14). The maximum absolute atomic E-state index is 8.81. The van der Waals surface area contributed by atoms with E-state index in [4.69, 9.17) is 10.00 Å². The van der Waals surface area contributed by atoms with Gasteiger partial charge in [0.1, 0.15) is 23.8 Å². The molecule has 1 unspecified atom stereocenters. The minimum absolute atomic E-state index is 0.242. The largest absolute Gasteiger partial charge is 0.376 e. The van der Waals surface area contributed by atoms with E-state index in [1.165, 1.54) is 12.5 Å². The minimum atomic E-state index is 0.242. The van der Waals surface area contributed by atoms with Crippen molar-refractivity contribution in [1.82, 2.24) is 9.97 Å². The van der Waals surface area contributed by atoms with Crippen molar-refractivity contribution in [2.45, 2.75) is 18.9 Å². The molecular weight excluding hydrogens is 192 g/mol. The van der Waals surface area contributed by atoms with E-state index in [9.17, 15) is 0 Å². The first-order chi connectivity index (χ1) is 7.40. The number of nitriles is 1. The molecule has 2 rings (SSSR count). The Kier molecular flexibility index (Phi) is 3.10. The monoisotopic (exact) mass is 204 g/mol. The molecule has 1 fully saturated rings. The third-order valence-corrected chi connectivity index (χ3v) is 2.35. The van der Waals surface area contributed by atoms with Crippen LogP contribution in [0.2, 0.25) is 0 Å². The SMILES string of the molecule is N#Cc1cncnc1NCC1CCCO1. The van der Waals surface area contributed by atoms with Crippen molar-refractivity contribution in [3.63, 3.8) is 0 Å². The minimum Gasteiger partial charge on any atom is -0.376 e. The molecule has 1 aliphatic rings. The second-order valence-electron chi connectivity index (χ2n) is 3.41. The third kappa shape index (κ3) is 2.42. The molecule has 1 N–H and O–H groups in total. The zero-order chi connectivity index (χ0) is 10.5. The van der Waals surface area contributed by atoms with Crippen LogP contribution in [-0.4, -0.2) is 29.2 Å². The number of hydrogen-bond donors (Lipinski definition) is 1. The van der Waals surface area contributed by atoms with E-state index in [-0.39, 0.29) is 6.10 Å². The van der Waals surface area contributed by atoms with Crippen molar-refractivity contribution in [2.24, 2.45) is 0 Å². The van der Waals surface area contributed by atoms with Crippen LogP contribution >= 0.6 is 0 Å². The van der Waals surface area contributed by atoms with Gasteiger partial charge in [-0.25, -0.2) is 9.97 Å². The van der Waals surface area contributed by atoms with Crippen molar-refractivity contribution >= 4 is 5.82 Å². The van der Waals surface area contributed by atoms with E-state index in [1.54, 1.807) is 0 Å². The lowest BCUT2D eigenvalue weighted by atomic mass is 10.2. The highest BCUT2D eigenvalue weighted by Gasteiger charge is 2.15. The number of rotatable bonds is 3. The Morgan fingerprint density at radius 3 is 3.33 bits per heavy atom. The average Bonchev–Trinajstić information content (AvgIpc) is 2.79. The van der Waals surface area contributed by atoms with E-state index in [0.29, 0.717) is 17.9 Å². The summed E-state index contributed by atoms with van der Waals surface area (Å²) in [6, 6.07) is 2.04. The van der Waals surface area contributed by atoms with Crippen LogP contribution in [0.15, 0.2) is 12.5 Å². The van der Waals surface area contributed by atoms with Crippen LogP contribution < -0.4 is 5.32 Å². The smallest absolute Gasteiger partial charge is 0.147 e. The molecule has 1 aromatic heterocycles. The predicted molar refractivity (Wildman–Crippen MR) is 54.2 cm³/mol. The fourth-order valence-corrected chi connectivity index (χ4v) is 1.57. The Morgan fingerprint density at radius 1 is 1.67 bits per heavy atom. The zero-order valence-electron chi connectivity index (χ0n) is 8.31. The van der Waals surface area contributed by atoms with Crippen LogP contribution in [0.25, 0.3) is 0 Å². The van der Waals surface area contributed by atoms with Gasteiger partial charge in [0.25, 0.3) is 0 Å². The molecule has 0 bridgehead atoms. The van der Waals surface area contributed by atoms with E-state index in [1.807, 2.05) is 6.07 Å². The fraction of sp³-hybridized carbons (Fsp3) is 0.500. The summed E-state index contributed by atoms with van der Waals surface area (Å²) >= 11 is 0. The Balaban J connectivity index is 1.95. The van der Waals surface area contributed by atoms with Gasteiger partial charge >= 0.3 is 0 Å².